The molecule has 25 heavy (non-hydrogen) atoms. The van der Waals surface area contributed by atoms with E-state index < -0.39 is 5.97 Å². The number of benzene rings is 1. The van der Waals surface area contributed by atoms with Crippen molar-refractivity contribution in [1.82, 2.24) is 9.47 Å². The molecule has 2 amide bonds. The summed E-state index contributed by atoms with van der Waals surface area (Å²) in [6, 6.07) is 8.37. The number of hydrogen-bond acceptors (Lipinski definition) is 5. The fourth-order valence-electron chi connectivity index (χ4n) is 2.79. The van der Waals surface area contributed by atoms with Crippen LogP contribution in [0.3, 0.4) is 0 Å². The molecule has 0 N–H and O–H groups in total. The molecule has 0 aliphatic carbocycles. The van der Waals surface area contributed by atoms with Crippen LogP contribution in [-0.2, 0) is 4.79 Å². The molecular formula is C18H15N2O4S-. The molecule has 6 nitrogen and oxygen atoms in total. The fraction of sp³-hybridized carbons (Fsp3) is 0.167. The molecule has 1 aromatic heterocycles. The van der Waals surface area contributed by atoms with E-state index >= 15 is 0 Å². The average Bonchev–Trinajstić information content (AvgIpc) is 2.98. The second-order valence-electron chi connectivity index (χ2n) is 5.74. The van der Waals surface area contributed by atoms with Gasteiger partial charge in [0.05, 0.1) is 10.9 Å². The first-order valence-electron chi connectivity index (χ1n) is 7.52. The van der Waals surface area contributed by atoms with Crippen molar-refractivity contribution < 1.29 is 19.5 Å². The van der Waals surface area contributed by atoms with Gasteiger partial charge in [0.25, 0.3) is 11.1 Å². The summed E-state index contributed by atoms with van der Waals surface area (Å²) in [5.41, 5.74) is 3.32. The van der Waals surface area contributed by atoms with Crippen molar-refractivity contribution in [1.29, 1.82) is 0 Å². The molecule has 7 heteroatoms. The van der Waals surface area contributed by atoms with E-state index in [0.29, 0.717) is 10.6 Å². The highest BCUT2D eigenvalue weighted by Gasteiger charge is 2.32. The maximum absolute atomic E-state index is 12.0. The SMILES string of the molecule is Cc1cc(/C=C2\SC(=O)N(C)C2=O)c(C)n1-c1cccc(C(=O)[O-])c1. The van der Waals surface area contributed by atoms with Gasteiger partial charge in [-0.1, -0.05) is 12.1 Å². The van der Waals surface area contributed by atoms with Crippen molar-refractivity contribution >= 4 is 35.0 Å². The van der Waals surface area contributed by atoms with Crippen LogP contribution in [0.4, 0.5) is 4.79 Å². The summed E-state index contributed by atoms with van der Waals surface area (Å²) >= 11 is 0.906. The molecule has 2 heterocycles. The minimum Gasteiger partial charge on any atom is -0.545 e. The summed E-state index contributed by atoms with van der Waals surface area (Å²) in [4.78, 5) is 36.2. The lowest BCUT2D eigenvalue weighted by molar-refractivity contribution is -0.255. The maximum atomic E-state index is 12.0. The molecule has 1 saturated heterocycles. The van der Waals surface area contributed by atoms with Crippen LogP contribution in [0.25, 0.3) is 11.8 Å². The van der Waals surface area contributed by atoms with Crippen LogP contribution >= 0.6 is 11.8 Å². The van der Waals surface area contributed by atoms with Gasteiger partial charge in [0.1, 0.15) is 0 Å². The van der Waals surface area contributed by atoms with E-state index in [4.69, 9.17) is 0 Å². The molecule has 0 saturated carbocycles. The van der Waals surface area contributed by atoms with E-state index in [1.165, 1.54) is 13.1 Å². The highest BCUT2D eigenvalue weighted by molar-refractivity contribution is 8.18. The number of carboxylic acids is 1. The Morgan fingerprint density at radius 1 is 1.20 bits per heavy atom. The Morgan fingerprint density at radius 3 is 2.52 bits per heavy atom. The zero-order valence-corrected chi connectivity index (χ0v) is 14.7. The number of thioether (sulfide) groups is 1. The minimum atomic E-state index is -1.24. The van der Waals surface area contributed by atoms with Crippen LogP contribution in [0, 0.1) is 13.8 Å². The molecule has 2 aromatic rings. The van der Waals surface area contributed by atoms with Crippen LogP contribution in [0.2, 0.25) is 0 Å². The highest BCUT2D eigenvalue weighted by atomic mass is 32.2. The standard InChI is InChI=1S/C18H16N2O4S/c1-10-7-13(9-15-16(21)19(3)18(24)25-15)11(2)20(10)14-6-4-5-12(8-14)17(22)23/h4-9H,1-3H3,(H,22,23)/p-1/b15-9-. The predicted octanol–water partition coefficient (Wildman–Crippen LogP) is 2.12. The number of likely N-dealkylation sites (N-methyl/N-ethyl adjacent to an activating group) is 1. The van der Waals surface area contributed by atoms with Gasteiger partial charge in [0.2, 0.25) is 0 Å². The van der Waals surface area contributed by atoms with Gasteiger partial charge in [-0.2, -0.15) is 0 Å². The van der Waals surface area contributed by atoms with Crippen molar-refractivity contribution in [3.05, 3.63) is 57.8 Å². The number of aromatic carboxylic acids is 1. The van der Waals surface area contributed by atoms with Gasteiger partial charge in [-0.3, -0.25) is 14.5 Å². The zero-order valence-electron chi connectivity index (χ0n) is 13.9. The van der Waals surface area contributed by atoms with E-state index in [2.05, 4.69) is 0 Å². The molecule has 1 aromatic carbocycles. The van der Waals surface area contributed by atoms with Gasteiger partial charge in [-0.05, 0) is 61.0 Å². The van der Waals surface area contributed by atoms with Gasteiger partial charge >= 0.3 is 0 Å². The number of carbonyl (C=O) groups is 3. The molecule has 0 atom stereocenters. The number of rotatable bonds is 3. The van der Waals surface area contributed by atoms with E-state index in [1.54, 1.807) is 24.3 Å². The van der Waals surface area contributed by atoms with Gasteiger partial charge in [-0.15, -0.1) is 0 Å². The average molecular weight is 355 g/mol. The molecule has 0 spiro atoms. The van der Waals surface area contributed by atoms with Crippen molar-refractivity contribution in [3.63, 3.8) is 0 Å². The van der Waals surface area contributed by atoms with Gasteiger partial charge in [0, 0.05) is 24.1 Å². The number of carbonyl (C=O) groups excluding carboxylic acids is 3. The Hall–Kier alpha value is -2.80. The van der Waals surface area contributed by atoms with Crippen LogP contribution in [0.5, 0.6) is 0 Å². The summed E-state index contributed by atoms with van der Waals surface area (Å²) in [5.74, 6) is -1.56. The topological polar surface area (TPSA) is 82.4 Å². The Bertz CT molecular complexity index is 943. The molecule has 1 aliphatic rings. The van der Waals surface area contributed by atoms with E-state index in [-0.39, 0.29) is 16.7 Å². The molecule has 1 aliphatic heterocycles. The lowest BCUT2D eigenvalue weighted by Crippen LogP contribution is -2.22. The first kappa shape index (κ1) is 17.0. The number of hydrogen-bond donors (Lipinski definition) is 0. The largest absolute Gasteiger partial charge is 0.545 e. The number of imide groups is 1. The van der Waals surface area contributed by atoms with Crippen LogP contribution in [-0.4, -0.2) is 33.6 Å². The fourth-order valence-corrected chi connectivity index (χ4v) is 3.61. The van der Waals surface area contributed by atoms with E-state index in [9.17, 15) is 19.5 Å². The summed E-state index contributed by atoms with van der Waals surface area (Å²) < 4.78 is 1.90. The van der Waals surface area contributed by atoms with Crippen molar-refractivity contribution in [2.24, 2.45) is 0 Å². The number of nitrogens with zero attached hydrogens (tertiary/aromatic N) is 2. The monoisotopic (exact) mass is 355 g/mol. The molecule has 0 bridgehead atoms. The van der Waals surface area contributed by atoms with E-state index in [1.807, 2.05) is 24.5 Å². The Morgan fingerprint density at radius 2 is 1.92 bits per heavy atom. The Balaban J connectivity index is 2.06. The third-order valence-electron chi connectivity index (χ3n) is 4.08. The summed E-state index contributed by atoms with van der Waals surface area (Å²) in [6.45, 7) is 3.77. The van der Waals surface area contributed by atoms with Crippen molar-refractivity contribution in [2.45, 2.75) is 13.8 Å². The molecular weight excluding hydrogens is 340 g/mol. The Labute approximate surface area is 148 Å². The normalized spacial score (nSPS) is 16.1. The minimum absolute atomic E-state index is 0.0960. The molecule has 128 valence electrons. The number of carboxylic acid groups (broad SMARTS) is 1. The predicted molar refractivity (Wildman–Crippen MR) is 93.3 cm³/mol. The Kier molecular flexibility index (Phi) is 4.26. The third-order valence-corrected chi connectivity index (χ3v) is 5.04. The number of aromatic nitrogens is 1. The lowest BCUT2D eigenvalue weighted by Gasteiger charge is -2.12. The van der Waals surface area contributed by atoms with Crippen molar-refractivity contribution in [3.8, 4) is 5.69 Å². The quantitative estimate of drug-likeness (QED) is 0.788. The van der Waals surface area contributed by atoms with Gasteiger partial charge in [-0.25, -0.2) is 0 Å². The second kappa shape index (κ2) is 6.25. The van der Waals surface area contributed by atoms with Gasteiger partial charge < -0.3 is 14.5 Å². The van der Waals surface area contributed by atoms with E-state index in [0.717, 1.165) is 33.6 Å². The molecule has 1 fully saturated rings. The first-order chi connectivity index (χ1) is 11.8. The van der Waals surface area contributed by atoms with Crippen molar-refractivity contribution in [2.75, 3.05) is 7.05 Å². The van der Waals surface area contributed by atoms with Crippen LogP contribution < -0.4 is 5.11 Å². The smallest absolute Gasteiger partial charge is 0.293 e. The number of aryl methyl sites for hydroxylation is 1. The summed E-state index contributed by atoms with van der Waals surface area (Å²) in [6.07, 6.45) is 1.69. The molecule has 3 rings (SSSR count). The number of amides is 2. The van der Waals surface area contributed by atoms with Crippen LogP contribution in [0.1, 0.15) is 27.3 Å². The highest BCUT2D eigenvalue weighted by Crippen LogP contribution is 2.32. The summed E-state index contributed by atoms with van der Waals surface area (Å²) in [7, 11) is 1.45. The maximum Gasteiger partial charge on any atom is 0.293 e. The molecule has 0 unspecified atom stereocenters. The first-order valence-corrected chi connectivity index (χ1v) is 8.33. The summed E-state index contributed by atoms with van der Waals surface area (Å²) in [5, 5.41) is 10.8. The lowest BCUT2D eigenvalue weighted by atomic mass is 10.2. The third kappa shape index (κ3) is 2.98. The van der Waals surface area contributed by atoms with Gasteiger partial charge in [0.15, 0.2) is 0 Å². The second-order valence-corrected chi connectivity index (χ2v) is 6.73. The molecule has 0 radical (unpaired) electrons. The zero-order chi connectivity index (χ0) is 18.3. The van der Waals surface area contributed by atoms with Crippen LogP contribution in [0.15, 0.2) is 35.2 Å².